The zero-order valence-electron chi connectivity index (χ0n) is 22.1. The van der Waals surface area contributed by atoms with E-state index in [0.29, 0.717) is 33.5 Å². The second-order valence-electron chi connectivity index (χ2n) is 9.12. The van der Waals surface area contributed by atoms with Gasteiger partial charge in [-0.05, 0) is 30.2 Å². The molecule has 2 heterocycles. The van der Waals surface area contributed by atoms with Crippen molar-refractivity contribution >= 4 is 34.9 Å². The summed E-state index contributed by atoms with van der Waals surface area (Å²) < 4.78 is 57.1. The molecule has 1 aromatic heterocycles. The van der Waals surface area contributed by atoms with Crippen LogP contribution in [0.3, 0.4) is 0 Å². The zero-order chi connectivity index (χ0) is 29.7. The second kappa shape index (κ2) is 12.5. The largest absolute Gasteiger partial charge is 0.497 e. The predicted octanol–water partition coefficient (Wildman–Crippen LogP) is 5.76. The summed E-state index contributed by atoms with van der Waals surface area (Å²) >= 11 is 6.07. The Bertz CT molecular complexity index is 1420. The zero-order valence-corrected chi connectivity index (χ0v) is 22.9. The molecule has 2 N–H and O–H groups in total. The number of aromatic nitrogens is 1. The average Bonchev–Trinajstić information content (AvgIpc) is 3.36. The lowest BCUT2D eigenvalue weighted by atomic mass is 10.0. The molecular formula is C28H27ClF3N3O6. The van der Waals surface area contributed by atoms with Crippen LogP contribution in [0.5, 0.6) is 17.4 Å². The van der Waals surface area contributed by atoms with Crippen molar-refractivity contribution in [3.05, 3.63) is 70.4 Å². The van der Waals surface area contributed by atoms with E-state index in [0.717, 1.165) is 13.2 Å². The van der Waals surface area contributed by atoms with Gasteiger partial charge in [0.2, 0.25) is 5.88 Å². The van der Waals surface area contributed by atoms with Gasteiger partial charge in [-0.15, -0.1) is 0 Å². The van der Waals surface area contributed by atoms with Crippen molar-refractivity contribution in [2.75, 3.05) is 37.6 Å². The average molecular weight is 594 g/mol. The minimum atomic E-state index is -4.74. The van der Waals surface area contributed by atoms with Crippen LogP contribution >= 0.6 is 11.6 Å². The highest BCUT2D eigenvalue weighted by atomic mass is 35.5. The van der Waals surface area contributed by atoms with Crippen molar-refractivity contribution < 1.29 is 42.1 Å². The fourth-order valence-electron chi connectivity index (χ4n) is 4.40. The van der Waals surface area contributed by atoms with Gasteiger partial charge in [-0.2, -0.15) is 13.2 Å². The van der Waals surface area contributed by atoms with Crippen molar-refractivity contribution in [3.63, 3.8) is 0 Å². The number of fused-ring (bicyclic) bond motifs is 1. The highest BCUT2D eigenvalue weighted by Crippen LogP contribution is 2.41. The van der Waals surface area contributed by atoms with Crippen molar-refractivity contribution in [3.8, 4) is 17.4 Å². The number of pyridine rings is 1. The Morgan fingerprint density at radius 3 is 2.44 bits per heavy atom. The highest BCUT2D eigenvalue weighted by molar-refractivity contribution is 6.30. The minimum Gasteiger partial charge on any atom is -0.497 e. The SMILES string of the molecule is COc1cc(NC(C(=O)N2CCc3nc(OC)c(C(F)(F)F)cc32)c2ccc(Cl)cc2)cc(OCCCC(=O)O)c1. The van der Waals surface area contributed by atoms with Gasteiger partial charge in [0.1, 0.15) is 23.1 Å². The third-order valence-corrected chi connectivity index (χ3v) is 6.60. The number of carboxylic acids is 1. The number of hydrogen-bond acceptors (Lipinski definition) is 7. The standard InChI is InChI=1S/C28H27ClF3N3O6/c1-39-19-12-18(13-20(14-19)41-11-3-4-24(36)37)33-25(16-5-7-17(29)8-6-16)27(38)35-10-9-22-23(35)15-21(28(30,31)32)26(34-22)40-2/h5-8,12-15,25,33H,3-4,9-11H2,1-2H3,(H,36,37). The molecule has 1 aliphatic heterocycles. The van der Waals surface area contributed by atoms with Gasteiger partial charge < -0.3 is 29.5 Å². The quantitative estimate of drug-likeness (QED) is 0.270. The van der Waals surface area contributed by atoms with Crippen molar-refractivity contribution in [1.82, 2.24) is 4.98 Å². The van der Waals surface area contributed by atoms with Gasteiger partial charge in [0.05, 0.1) is 32.2 Å². The number of alkyl halides is 3. The van der Waals surface area contributed by atoms with E-state index in [9.17, 15) is 22.8 Å². The van der Waals surface area contributed by atoms with Crippen molar-refractivity contribution in [2.45, 2.75) is 31.5 Å². The number of hydrogen-bond donors (Lipinski definition) is 2. The number of halogens is 4. The van der Waals surface area contributed by atoms with Gasteiger partial charge in [-0.25, -0.2) is 4.98 Å². The number of anilines is 2. The normalized spacial score (nSPS) is 13.4. The molecule has 0 fully saturated rings. The summed E-state index contributed by atoms with van der Waals surface area (Å²) in [6.45, 7) is 0.258. The summed E-state index contributed by atoms with van der Waals surface area (Å²) in [7, 11) is 2.57. The molecule has 0 saturated carbocycles. The maximum absolute atomic E-state index is 14.0. The third-order valence-electron chi connectivity index (χ3n) is 6.35. The molecule has 4 rings (SSSR count). The highest BCUT2D eigenvalue weighted by Gasteiger charge is 2.40. The molecule has 1 unspecified atom stereocenters. The molecule has 41 heavy (non-hydrogen) atoms. The Morgan fingerprint density at radius 1 is 1.10 bits per heavy atom. The van der Waals surface area contributed by atoms with Crippen LogP contribution in [0.4, 0.5) is 24.5 Å². The van der Waals surface area contributed by atoms with Crippen LogP contribution in [0.1, 0.15) is 35.7 Å². The van der Waals surface area contributed by atoms with Crippen LogP contribution in [0.2, 0.25) is 5.02 Å². The predicted molar refractivity (Wildman–Crippen MR) is 145 cm³/mol. The monoisotopic (exact) mass is 593 g/mol. The topological polar surface area (TPSA) is 110 Å². The van der Waals surface area contributed by atoms with Crippen LogP contribution in [0, 0.1) is 0 Å². The maximum atomic E-state index is 14.0. The number of nitrogens with zero attached hydrogens (tertiary/aromatic N) is 2. The maximum Gasteiger partial charge on any atom is 0.421 e. The molecule has 0 radical (unpaired) electrons. The van der Waals surface area contributed by atoms with E-state index >= 15 is 0 Å². The number of rotatable bonds is 11. The summed E-state index contributed by atoms with van der Waals surface area (Å²) in [6.07, 6.45) is -4.26. The van der Waals surface area contributed by atoms with E-state index in [-0.39, 0.29) is 38.1 Å². The summed E-state index contributed by atoms with van der Waals surface area (Å²) in [4.78, 5) is 30.1. The van der Waals surface area contributed by atoms with Gasteiger partial charge in [0.25, 0.3) is 5.91 Å². The number of ether oxygens (including phenoxy) is 3. The smallest absolute Gasteiger partial charge is 0.421 e. The molecule has 1 aliphatic rings. The van der Waals surface area contributed by atoms with Gasteiger partial charge >= 0.3 is 12.1 Å². The van der Waals surface area contributed by atoms with Crippen LogP contribution in [-0.2, 0) is 22.2 Å². The number of carbonyl (C=O) groups excluding carboxylic acids is 1. The second-order valence-corrected chi connectivity index (χ2v) is 9.56. The molecule has 1 atom stereocenters. The lowest BCUT2D eigenvalue weighted by Crippen LogP contribution is -2.37. The molecule has 9 nitrogen and oxygen atoms in total. The van der Waals surface area contributed by atoms with E-state index in [2.05, 4.69) is 10.3 Å². The summed E-state index contributed by atoms with van der Waals surface area (Å²) in [5.41, 5.74) is 0.228. The molecule has 0 spiro atoms. The van der Waals surface area contributed by atoms with Gasteiger partial charge in [-0.1, -0.05) is 23.7 Å². The molecule has 1 amide bonds. The molecule has 0 bridgehead atoms. The van der Waals surface area contributed by atoms with Gasteiger partial charge in [-0.3, -0.25) is 9.59 Å². The molecule has 0 aliphatic carbocycles. The summed E-state index contributed by atoms with van der Waals surface area (Å²) in [6, 6.07) is 11.2. The van der Waals surface area contributed by atoms with Crippen molar-refractivity contribution in [1.29, 1.82) is 0 Å². The van der Waals surface area contributed by atoms with Crippen molar-refractivity contribution in [2.24, 2.45) is 0 Å². The Labute approximate surface area is 238 Å². The van der Waals surface area contributed by atoms with Crippen LogP contribution in [0.15, 0.2) is 48.5 Å². The summed E-state index contributed by atoms with van der Waals surface area (Å²) in [5.74, 6) is -1.23. The third kappa shape index (κ3) is 7.12. The first-order valence-corrected chi connectivity index (χ1v) is 12.9. The number of benzene rings is 2. The Balaban J connectivity index is 1.68. The summed E-state index contributed by atoms with van der Waals surface area (Å²) in [5, 5.41) is 12.4. The van der Waals surface area contributed by atoms with E-state index in [1.54, 1.807) is 42.5 Å². The Hall–Kier alpha value is -4.19. The number of methoxy groups -OCH3 is 2. The Morgan fingerprint density at radius 2 is 1.80 bits per heavy atom. The Kier molecular flexibility index (Phi) is 9.11. The fraction of sp³-hybridized carbons (Fsp3) is 0.321. The number of amides is 1. The molecule has 3 aromatic rings. The first kappa shape index (κ1) is 29.8. The van der Waals surface area contributed by atoms with E-state index in [4.69, 9.17) is 30.9 Å². The molecule has 218 valence electrons. The van der Waals surface area contributed by atoms with Crippen LogP contribution < -0.4 is 24.4 Å². The molecular weight excluding hydrogens is 567 g/mol. The number of aliphatic carboxylic acids is 1. The van der Waals surface area contributed by atoms with E-state index in [1.807, 2.05) is 0 Å². The lowest BCUT2D eigenvalue weighted by molar-refractivity contribution is -0.139. The number of nitrogens with one attached hydrogen (secondary N) is 1. The molecule has 13 heteroatoms. The first-order valence-electron chi connectivity index (χ1n) is 12.5. The molecule has 0 saturated heterocycles. The van der Waals surface area contributed by atoms with E-state index in [1.165, 1.54) is 12.0 Å². The van der Waals surface area contributed by atoms with Crippen LogP contribution in [-0.4, -0.2) is 49.3 Å². The fourth-order valence-corrected chi connectivity index (χ4v) is 4.53. The van der Waals surface area contributed by atoms with Gasteiger partial charge in [0, 0.05) is 48.3 Å². The molecule has 2 aromatic carbocycles. The number of carbonyl (C=O) groups is 2. The lowest BCUT2D eigenvalue weighted by Gasteiger charge is -2.27. The van der Waals surface area contributed by atoms with Gasteiger partial charge in [0.15, 0.2) is 0 Å². The first-order chi connectivity index (χ1) is 19.5. The van der Waals surface area contributed by atoms with Crippen LogP contribution in [0.25, 0.3) is 0 Å². The van der Waals surface area contributed by atoms with E-state index < -0.39 is 35.5 Å². The minimum absolute atomic E-state index is 0.0528. The number of carboxylic acid groups (broad SMARTS) is 1.